The van der Waals surface area contributed by atoms with E-state index in [0.29, 0.717) is 36.4 Å². The molecule has 2 unspecified atom stereocenters. The number of rotatable bonds is 10. The monoisotopic (exact) mass is 393 g/mol. The van der Waals surface area contributed by atoms with Crippen molar-refractivity contribution in [3.05, 3.63) is 60.2 Å². The molecule has 0 radical (unpaired) electrons. The van der Waals surface area contributed by atoms with Crippen LogP contribution in [0.1, 0.15) is 43.5 Å². The average Bonchev–Trinajstić information content (AvgIpc) is 2.75. The maximum Gasteiger partial charge on any atom is 0.251 e. The highest BCUT2D eigenvalue weighted by molar-refractivity contribution is 6.01. The Bertz CT molecular complexity index is 846. The van der Waals surface area contributed by atoms with Gasteiger partial charge >= 0.3 is 0 Å². The molecule has 0 aliphatic heterocycles. The molecule has 152 valence electrons. The molecule has 2 amide bonds. The van der Waals surface area contributed by atoms with Crippen LogP contribution in [0.15, 0.2) is 54.6 Å². The van der Waals surface area contributed by atoms with Crippen LogP contribution >= 0.6 is 0 Å². The number of anilines is 1. The van der Waals surface area contributed by atoms with Gasteiger partial charge in [-0.1, -0.05) is 44.5 Å². The minimum absolute atomic E-state index is 0.0342. The third-order valence-corrected chi connectivity index (χ3v) is 4.62. The van der Waals surface area contributed by atoms with Gasteiger partial charge < -0.3 is 15.4 Å². The van der Waals surface area contributed by atoms with Crippen molar-refractivity contribution in [1.82, 2.24) is 5.32 Å². The molecule has 0 aliphatic carbocycles. The van der Waals surface area contributed by atoms with Crippen molar-refractivity contribution in [2.75, 3.05) is 11.9 Å². The lowest BCUT2D eigenvalue weighted by Gasteiger charge is -2.23. The normalized spacial score (nSPS) is 12.3. The summed E-state index contributed by atoms with van der Waals surface area (Å²) in [5, 5.41) is 14.3. The molecule has 2 atom stereocenters. The van der Waals surface area contributed by atoms with Crippen molar-refractivity contribution in [1.29, 1.82) is 5.26 Å². The van der Waals surface area contributed by atoms with Gasteiger partial charge in [0, 0.05) is 23.7 Å². The van der Waals surface area contributed by atoms with Gasteiger partial charge in [-0.05, 0) is 36.6 Å². The molecule has 6 heteroatoms. The van der Waals surface area contributed by atoms with Crippen LogP contribution in [-0.2, 0) is 4.79 Å². The highest BCUT2D eigenvalue weighted by Crippen LogP contribution is 2.19. The predicted octanol–water partition coefficient (Wildman–Crippen LogP) is 4.15. The molecule has 0 fully saturated rings. The van der Waals surface area contributed by atoms with E-state index in [1.807, 2.05) is 19.9 Å². The van der Waals surface area contributed by atoms with E-state index in [-0.39, 0.29) is 17.7 Å². The Balaban J connectivity index is 2.04. The summed E-state index contributed by atoms with van der Waals surface area (Å²) in [5.74, 6) is 0.0353. The average molecular weight is 393 g/mol. The molecule has 0 bridgehead atoms. The van der Waals surface area contributed by atoms with Crippen molar-refractivity contribution < 1.29 is 14.3 Å². The maximum atomic E-state index is 12.9. The summed E-state index contributed by atoms with van der Waals surface area (Å²) in [6, 6.07) is 17.3. The number of nitrogens with zero attached hydrogens (tertiary/aromatic N) is 1. The second kappa shape index (κ2) is 11.5. The highest BCUT2D eigenvalue weighted by Gasteiger charge is 2.26. The number of amides is 2. The topological polar surface area (TPSA) is 91.2 Å². The minimum Gasteiger partial charge on any atom is -0.493 e. The zero-order chi connectivity index (χ0) is 21.1. The highest BCUT2D eigenvalue weighted by atomic mass is 16.5. The van der Waals surface area contributed by atoms with Gasteiger partial charge in [-0.15, -0.1) is 0 Å². The zero-order valence-electron chi connectivity index (χ0n) is 16.9. The molecule has 2 rings (SSSR count). The van der Waals surface area contributed by atoms with Crippen molar-refractivity contribution in [2.45, 2.75) is 39.2 Å². The first-order valence-electron chi connectivity index (χ1n) is 9.81. The molecule has 0 heterocycles. The molecule has 0 spiro atoms. The van der Waals surface area contributed by atoms with Crippen LogP contribution in [-0.4, -0.2) is 24.5 Å². The Morgan fingerprint density at radius 1 is 1.14 bits per heavy atom. The number of benzene rings is 2. The van der Waals surface area contributed by atoms with E-state index in [9.17, 15) is 9.59 Å². The van der Waals surface area contributed by atoms with Crippen molar-refractivity contribution in [3.8, 4) is 11.8 Å². The number of ether oxygens (including phenoxy) is 1. The lowest BCUT2D eigenvalue weighted by Crippen LogP contribution is -2.47. The predicted molar refractivity (Wildman–Crippen MR) is 113 cm³/mol. The summed E-state index contributed by atoms with van der Waals surface area (Å²) in [6.07, 6.45) is 1.83. The van der Waals surface area contributed by atoms with Crippen LogP contribution in [0.3, 0.4) is 0 Å². The molecule has 2 aromatic carbocycles. The fourth-order valence-corrected chi connectivity index (χ4v) is 2.74. The van der Waals surface area contributed by atoms with Gasteiger partial charge in [0.1, 0.15) is 11.8 Å². The fraction of sp³-hybridized carbons (Fsp3) is 0.348. The van der Waals surface area contributed by atoms with Crippen molar-refractivity contribution >= 4 is 17.5 Å². The summed E-state index contributed by atoms with van der Waals surface area (Å²) >= 11 is 0. The van der Waals surface area contributed by atoms with E-state index < -0.39 is 6.04 Å². The third kappa shape index (κ3) is 6.96. The van der Waals surface area contributed by atoms with Gasteiger partial charge in [0.2, 0.25) is 5.91 Å². The Kier molecular flexibility index (Phi) is 8.71. The van der Waals surface area contributed by atoms with Gasteiger partial charge in [0.25, 0.3) is 5.91 Å². The zero-order valence-corrected chi connectivity index (χ0v) is 16.9. The molecule has 2 N–H and O–H groups in total. The number of unbranched alkanes of at least 4 members (excludes halogenated alkanes) is 1. The fourth-order valence-electron chi connectivity index (χ4n) is 2.74. The smallest absolute Gasteiger partial charge is 0.251 e. The van der Waals surface area contributed by atoms with Gasteiger partial charge in [-0.25, -0.2) is 0 Å². The molecule has 29 heavy (non-hydrogen) atoms. The van der Waals surface area contributed by atoms with E-state index in [1.165, 1.54) is 0 Å². The quantitative estimate of drug-likeness (QED) is 0.593. The van der Waals surface area contributed by atoms with Gasteiger partial charge in [-0.2, -0.15) is 5.26 Å². The first kappa shape index (κ1) is 22.0. The Labute approximate surface area is 171 Å². The largest absolute Gasteiger partial charge is 0.493 e. The van der Waals surface area contributed by atoms with Crippen LogP contribution in [0.5, 0.6) is 5.75 Å². The molecule has 0 aliphatic rings. The van der Waals surface area contributed by atoms with Crippen molar-refractivity contribution in [3.63, 3.8) is 0 Å². The number of carbonyl (C=O) groups is 2. The summed E-state index contributed by atoms with van der Waals surface area (Å²) < 4.78 is 5.61. The van der Waals surface area contributed by atoms with Gasteiger partial charge in [0.05, 0.1) is 12.7 Å². The van der Waals surface area contributed by atoms with Crippen molar-refractivity contribution in [2.24, 2.45) is 5.92 Å². The summed E-state index contributed by atoms with van der Waals surface area (Å²) in [6.45, 7) is 4.35. The molecule has 0 saturated carbocycles. The van der Waals surface area contributed by atoms with Gasteiger partial charge in [-0.3, -0.25) is 9.59 Å². The Morgan fingerprint density at radius 2 is 1.90 bits per heavy atom. The van der Waals surface area contributed by atoms with E-state index in [2.05, 4.69) is 16.7 Å². The summed E-state index contributed by atoms with van der Waals surface area (Å²) in [7, 11) is 0. The van der Waals surface area contributed by atoms with Crippen LogP contribution in [0.25, 0.3) is 0 Å². The lowest BCUT2D eigenvalue weighted by molar-refractivity contribution is -0.119. The lowest BCUT2D eigenvalue weighted by atomic mass is 9.97. The first-order chi connectivity index (χ1) is 14.0. The number of carbonyl (C=O) groups excluding carboxylic acids is 2. The van der Waals surface area contributed by atoms with E-state index in [1.54, 1.807) is 48.5 Å². The maximum absolute atomic E-state index is 12.9. The SMILES string of the molecule is CCC(C)C(NC(=O)c1ccccc1)C(=O)Nc1cccc(OCCCC#N)c1. The summed E-state index contributed by atoms with van der Waals surface area (Å²) in [4.78, 5) is 25.4. The first-order valence-corrected chi connectivity index (χ1v) is 9.81. The molecule has 0 aromatic heterocycles. The number of hydrogen-bond donors (Lipinski definition) is 2. The van der Waals surface area contributed by atoms with E-state index >= 15 is 0 Å². The number of hydrogen-bond acceptors (Lipinski definition) is 4. The number of nitriles is 1. The van der Waals surface area contributed by atoms with E-state index in [4.69, 9.17) is 10.00 Å². The van der Waals surface area contributed by atoms with Crippen LogP contribution in [0.4, 0.5) is 5.69 Å². The molecule has 0 saturated heterocycles. The molecule has 6 nitrogen and oxygen atoms in total. The van der Waals surface area contributed by atoms with Gasteiger partial charge in [0.15, 0.2) is 0 Å². The second-order valence-electron chi connectivity index (χ2n) is 6.83. The minimum atomic E-state index is -0.659. The molecular formula is C23H27N3O3. The third-order valence-electron chi connectivity index (χ3n) is 4.62. The van der Waals surface area contributed by atoms with Crippen LogP contribution in [0.2, 0.25) is 0 Å². The second-order valence-corrected chi connectivity index (χ2v) is 6.83. The number of nitrogens with one attached hydrogen (secondary N) is 2. The molecular weight excluding hydrogens is 366 g/mol. The Morgan fingerprint density at radius 3 is 2.59 bits per heavy atom. The van der Waals surface area contributed by atoms with E-state index in [0.717, 1.165) is 6.42 Å². The molecule has 2 aromatic rings. The van der Waals surface area contributed by atoms with Crippen LogP contribution < -0.4 is 15.4 Å². The van der Waals surface area contributed by atoms with Crippen LogP contribution in [0, 0.1) is 17.2 Å². The Hall–Kier alpha value is -3.33. The standard InChI is InChI=1S/C23H27N3O3/c1-3-17(2)21(26-22(27)18-10-5-4-6-11-18)23(28)25-19-12-9-13-20(16-19)29-15-8-7-14-24/h4-6,9-13,16-17,21H,3,7-8,15H2,1-2H3,(H,25,28)(H,26,27). The summed E-state index contributed by atoms with van der Waals surface area (Å²) in [5.41, 5.74) is 1.11.